The SMILES string of the molecule is CNC(=O)C1(Oc2ccccc2)CCN(C[C](C)C)CC1. The average Bonchev–Trinajstić information content (AvgIpc) is 2.49. The Kier molecular flexibility index (Phi) is 5.23. The van der Waals surface area contributed by atoms with Crippen LogP contribution in [0.5, 0.6) is 5.75 Å². The molecule has 1 saturated heterocycles. The summed E-state index contributed by atoms with van der Waals surface area (Å²) in [6.45, 7) is 7.04. The minimum Gasteiger partial charge on any atom is -0.477 e. The number of carbonyl (C=O) groups excluding carboxylic acids is 1. The first-order valence-corrected chi connectivity index (χ1v) is 7.53. The molecular formula is C17H25N2O2. The van der Waals surface area contributed by atoms with E-state index in [9.17, 15) is 4.79 Å². The van der Waals surface area contributed by atoms with Crippen molar-refractivity contribution in [3.8, 4) is 5.75 Å². The number of likely N-dealkylation sites (N-methyl/N-ethyl adjacent to an activating group) is 1. The van der Waals surface area contributed by atoms with E-state index >= 15 is 0 Å². The highest BCUT2D eigenvalue weighted by molar-refractivity contribution is 5.85. The molecule has 4 nitrogen and oxygen atoms in total. The fraction of sp³-hybridized carbons (Fsp3) is 0.529. The first kappa shape index (κ1) is 15.8. The Morgan fingerprint density at radius 3 is 2.38 bits per heavy atom. The number of para-hydroxylation sites is 1. The molecule has 0 unspecified atom stereocenters. The molecule has 0 saturated carbocycles. The molecule has 1 aromatic carbocycles. The van der Waals surface area contributed by atoms with Gasteiger partial charge in [-0.3, -0.25) is 4.79 Å². The van der Waals surface area contributed by atoms with Gasteiger partial charge in [0.15, 0.2) is 5.60 Å². The van der Waals surface area contributed by atoms with Crippen molar-refractivity contribution in [1.82, 2.24) is 10.2 Å². The molecule has 1 radical (unpaired) electrons. The third-order valence-electron chi connectivity index (χ3n) is 3.90. The molecule has 21 heavy (non-hydrogen) atoms. The first-order chi connectivity index (χ1) is 10.1. The summed E-state index contributed by atoms with van der Waals surface area (Å²) >= 11 is 0. The minimum atomic E-state index is -0.742. The number of piperidine rings is 1. The van der Waals surface area contributed by atoms with Gasteiger partial charge in [-0.25, -0.2) is 0 Å². The molecule has 0 aromatic heterocycles. The van der Waals surface area contributed by atoms with Crippen LogP contribution in [0.1, 0.15) is 26.7 Å². The van der Waals surface area contributed by atoms with Gasteiger partial charge in [0.25, 0.3) is 5.91 Å². The number of hydrogen-bond acceptors (Lipinski definition) is 3. The molecular weight excluding hydrogens is 264 g/mol. The Morgan fingerprint density at radius 2 is 1.86 bits per heavy atom. The van der Waals surface area contributed by atoms with Crippen molar-refractivity contribution >= 4 is 5.91 Å². The highest BCUT2D eigenvalue weighted by atomic mass is 16.5. The normalized spacial score (nSPS) is 18.5. The molecule has 1 aromatic rings. The molecule has 4 heteroatoms. The predicted octanol–water partition coefficient (Wildman–Crippen LogP) is 2.26. The van der Waals surface area contributed by atoms with Crippen molar-refractivity contribution in [3.63, 3.8) is 0 Å². The van der Waals surface area contributed by atoms with E-state index in [1.54, 1.807) is 7.05 Å². The summed E-state index contributed by atoms with van der Waals surface area (Å²) in [5.74, 6) is 2.13. The third kappa shape index (κ3) is 3.97. The second kappa shape index (κ2) is 6.94. The molecule has 1 heterocycles. The van der Waals surface area contributed by atoms with Gasteiger partial charge in [0.2, 0.25) is 0 Å². The molecule has 1 N–H and O–H groups in total. The Hall–Kier alpha value is -1.55. The number of nitrogens with zero attached hydrogens (tertiary/aromatic N) is 1. The maximum Gasteiger partial charge on any atom is 0.264 e. The molecule has 1 fully saturated rings. The van der Waals surface area contributed by atoms with Gasteiger partial charge < -0.3 is 15.0 Å². The highest BCUT2D eigenvalue weighted by Crippen LogP contribution is 2.29. The van der Waals surface area contributed by atoms with Gasteiger partial charge in [-0.05, 0) is 18.1 Å². The lowest BCUT2D eigenvalue weighted by Gasteiger charge is -2.40. The summed E-state index contributed by atoms with van der Waals surface area (Å²) in [4.78, 5) is 14.7. The van der Waals surface area contributed by atoms with Gasteiger partial charge in [-0.15, -0.1) is 0 Å². The summed E-state index contributed by atoms with van der Waals surface area (Å²) in [7, 11) is 1.68. The van der Waals surface area contributed by atoms with Crippen molar-refractivity contribution in [1.29, 1.82) is 0 Å². The van der Waals surface area contributed by atoms with Crippen molar-refractivity contribution in [2.45, 2.75) is 32.3 Å². The van der Waals surface area contributed by atoms with E-state index in [1.165, 1.54) is 5.92 Å². The molecule has 115 valence electrons. The number of rotatable bonds is 5. The van der Waals surface area contributed by atoms with Gasteiger partial charge in [0.1, 0.15) is 5.75 Å². The van der Waals surface area contributed by atoms with Crippen LogP contribution in [0.4, 0.5) is 0 Å². The van der Waals surface area contributed by atoms with Crippen LogP contribution < -0.4 is 10.1 Å². The monoisotopic (exact) mass is 289 g/mol. The number of benzene rings is 1. The maximum absolute atomic E-state index is 12.4. The molecule has 1 amide bonds. The first-order valence-electron chi connectivity index (χ1n) is 7.53. The van der Waals surface area contributed by atoms with Gasteiger partial charge in [0, 0.05) is 39.5 Å². The van der Waals surface area contributed by atoms with Crippen molar-refractivity contribution in [2.24, 2.45) is 0 Å². The Labute approximate surface area is 127 Å². The zero-order chi connectivity index (χ0) is 15.3. The molecule has 0 aliphatic carbocycles. The summed E-state index contributed by atoms with van der Waals surface area (Å²) in [5, 5.41) is 2.76. The lowest BCUT2D eigenvalue weighted by molar-refractivity contribution is -0.140. The second-order valence-corrected chi connectivity index (χ2v) is 5.97. The van der Waals surface area contributed by atoms with Gasteiger partial charge >= 0.3 is 0 Å². The number of ether oxygens (including phenoxy) is 1. The summed E-state index contributed by atoms with van der Waals surface area (Å²) in [6, 6.07) is 9.61. The number of carbonyl (C=O) groups is 1. The average molecular weight is 289 g/mol. The van der Waals surface area contributed by atoms with E-state index in [0.717, 1.165) is 38.2 Å². The summed E-state index contributed by atoms with van der Waals surface area (Å²) in [5.41, 5.74) is -0.742. The van der Waals surface area contributed by atoms with Crippen LogP contribution in [0.2, 0.25) is 0 Å². The van der Waals surface area contributed by atoms with Crippen molar-refractivity contribution in [2.75, 3.05) is 26.7 Å². The summed E-state index contributed by atoms with van der Waals surface area (Å²) < 4.78 is 6.10. The smallest absolute Gasteiger partial charge is 0.264 e. The van der Waals surface area contributed by atoms with E-state index < -0.39 is 5.60 Å². The summed E-state index contributed by atoms with van der Waals surface area (Å²) in [6.07, 6.45) is 1.43. The highest BCUT2D eigenvalue weighted by Gasteiger charge is 2.43. The fourth-order valence-electron chi connectivity index (χ4n) is 2.84. The molecule has 0 bridgehead atoms. The van der Waals surface area contributed by atoms with Crippen molar-refractivity contribution < 1.29 is 9.53 Å². The van der Waals surface area contributed by atoms with Gasteiger partial charge in [0.05, 0.1) is 0 Å². The molecule has 2 rings (SSSR count). The zero-order valence-electron chi connectivity index (χ0n) is 13.2. The Bertz CT molecular complexity index is 451. The Morgan fingerprint density at radius 1 is 1.24 bits per heavy atom. The standard InChI is InChI=1S/C17H25N2O2/c1-14(2)13-19-11-9-17(10-12-19,16(20)18-3)21-15-7-5-4-6-8-15/h4-8H,9-13H2,1-3H3,(H,18,20). The lowest BCUT2D eigenvalue weighted by atomic mass is 9.89. The van der Waals surface area contributed by atoms with Crippen molar-refractivity contribution in [3.05, 3.63) is 36.2 Å². The predicted molar refractivity (Wildman–Crippen MR) is 84.1 cm³/mol. The van der Waals surface area contributed by atoms with E-state index in [1.807, 2.05) is 30.3 Å². The van der Waals surface area contributed by atoms with Crippen LogP contribution in [0.3, 0.4) is 0 Å². The molecule has 0 atom stereocenters. The third-order valence-corrected chi connectivity index (χ3v) is 3.90. The van der Waals surface area contributed by atoms with Gasteiger partial charge in [-0.1, -0.05) is 32.0 Å². The minimum absolute atomic E-state index is 0.0248. The second-order valence-electron chi connectivity index (χ2n) is 5.97. The number of likely N-dealkylation sites (tertiary alicyclic amines) is 1. The Balaban J connectivity index is 2.08. The maximum atomic E-state index is 12.4. The van der Waals surface area contributed by atoms with Crippen LogP contribution in [-0.4, -0.2) is 43.1 Å². The molecule has 1 aliphatic heterocycles. The lowest BCUT2D eigenvalue weighted by Crippen LogP contribution is -2.57. The molecule has 0 spiro atoms. The van der Waals surface area contributed by atoms with Gasteiger partial charge in [-0.2, -0.15) is 0 Å². The quantitative estimate of drug-likeness (QED) is 0.904. The van der Waals surface area contributed by atoms with Crippen LogP contribution in [0.25, 0.3) is 0 Å². The van der Waals surface area contributed by atoms with Crippen LogP contribution in [-0.2, 0) is 4.79 Å². The topological polar surface area (TPSA) is 41.6 Å². The van der Waals surface area contributed by atoms with Crippen LogP contribution in [0.15, 0.2) is 30.3 Å². The fourth-order valence-corrected chi connectivity index (χ4v) is 2.84. The van der Waals surface area contributed by atoms with Crippen LogP contribution in [0, 0.1) is 5.92 Å². The van der Waals surface area contributed by atoms with E-state index in [2.05, 4.69) is 24.1 Å². The van der Waals surface area contributed by atoms with E-state index in [-0.39, 0.29) is 5.91 Å². The molecule has 1 aliphatic rings. The number of hydrogen-bond donors (Lipinski definition) is 1. The largest absolute Gasteiger partial charge is 0.477 e. The number of nitrogens with one attached hydrogen (secondary N) is 1. The van der Waals surface area contributed by atoms with E-state index in [4.69, 9.17) is 4.74 Å². The number of amides is 1. The van der Waals surface area contributed by atoms with E-state index in [0.29, 0.717) is 0 Å². The van der Waals surface area contributed by atoms with Crippen LogP contribution >= 0.6 is 0 Å². The zero-order valence-corrected chi connectivity index (χ0v) is 13.2.